The molecule has 0 aliphatic heterocycles. The van der Waals surface area contributed by atoms with Crippen molar-refractivity contribution in [3.8, 4) is 0 Å². The average molecular weight is 303 g/mol. The molecular weight excluding hydrogens is 262 g/mol. The van der Waals surface area contributed by atoms with Crippen LogP contribution in [0.25, 0.3) is 0 Å². The van der Waals surface area contributed by atoms with Crippen LogP contribution in [0.1, 0.15) is 79.1 Å². The number of carbonyl (C=O) groups excluding carboxylic acids is 1. The van der Waals surface area contributed by atoms with Gasteiger partial charge in [0.25, 0.3) is 0 Å². The van der Waals surface area contributed by atoms with E-state index < -0.39 is 6.03 Å². The van der Waals surface area contributed by atoms with Gasteiger partial charge in [-0.1, -0.05) is 53.4 Å². The van der Waals surface area contributed by atoms with Crippen LogP contribution in [0.4, 0.5) is 4.79 Å². The number of unbranched alkanes of at least 4 members (excludes halogenated alkanes) is 4. The summed E-state index contributed by atoms with van der Waals surface area (Å²) in [5.41, 5.74) is 8.50. The zero-order chi connectivity index (χ0) is 16.6. The first-order chi connectivity index (χ1) is 9.97. The van der Waals surface area contributed by atoms with E-state index in [-0.39, 0.29) is 0 Å². The Morgan fingerprint density at radius 3 is 1.00 bits per heavy atom. The molecule has 0 saturated carbocycles. The van der Waals surface area contributed by atoms with E-state index in [2.05, 4.69) is 39.2 Å². The van der Waals surface area contributed by atoms with Gasteiger partial charge in [0.05, 0.1) is 26.2 Å². The molecule has 0 spiro atoms. The van der Waals surface area contributed by atoms with Gasteiger partial charge in [-0.05, 0) is 25.7 Å². The number of rotatable bonds is 12. The lowest BCUT2D eigenvalue weighted by atomic mass is 10.1. The summed E-state index contributed by atoms with van der Waals surface area (Å²) in [5, 5.41) is 0. The third-order valence-electron chi connectivity index (χ3n) is 3.94. The molecule has 4 nitrogen and oxygen atoms in total. The van der Waals surface area contributed by atoms with E-state index in [4.69, 9.17) is 4.79 Å². The van der Waals surface area contributed by atoms with Gasteiger partial charge in [0.15, 0.2) is 0 Å². The minimum atomic E-state index is -0.833. The maximum atomic E-state index is 9.00. The number of hydrogen-bond acceptors (Lipinski definition) is 1. The predicted molar refractivity (Wildman–Crippen MR) is 93.1 cm³/mol. The Hall–Kier alpha value is -0.770. The number of nitrogens with zero attached hydrogens (tertiary/aromatic N) is 1. The van der Waals surface area contributed by atoms with Gasteiger partial charge in [0.2, 0.25) is 0 Å². The summed E-state index contributed by atoms with van der Waals surface area (Å²) in [4.78, 5) is 9.00. The lowest BCUT2D eigenvalue weighted by Crippen LogP contribution is -2.50. The van der Waals surface area contributed by atoms with Crippen molar-refractivity contribution in [2.24, 2.45) is 11.5 Å². The Kier molecular flexibility index (Phi) is 16.7. The molecule has 0 radical (unpaired) electrons. The van der Waals surface area contributed by atoms with Gasteiger partial charge in [-0.2, -0.15) is 0 Å². The number of carbonyl (C=O) groups is 1. The summed E-state index contributed by atoms with van der Waals surface area (Å²) in [7, 11) is 0. The molecule has 0 atom stereocenters. The highest BCUT2D eigenvalue weighted by molar-refractivity contribution is 5.69. The van der Waals surface area contributed by atoms with Crippen LogP contribution in [-0.2, 0) is 0 Å². The van der Waals surface area contributed by atoms with Crippen LogP contribution >= 0.6 is 0 Å². The van der Waals surface area contributed by atoms with Crippen LogP contribution in [0.15, 0.2) is 0 Å². The molecule has 4 N–H and O–H groups in total. The first-order valence-electron chi connectivity index (χ1n) is 8.87. The number of primary amides is 2. The van der Waals surface area contributed by atoms with E-state index in [1.165, 1.54) is 82.0 Å². The van der Waals surface area contributed by atoms with E-state index in [1.807, 2.05) is 0 Å². The maximum Gasteiger partial charge on any atom is 0.309 e. The second-order valence-electron chi connectivity index (χ2n) is 6.05. The number of nitrogens with two attached hydrogens (primary N) is 2. The van der Waals surface area contributed by atoms with Crippen molar-refractivity contribution < 1.29 is 9.28 Å². The molecule has 0 aliphatic carbocycles. The average Bonchev–Trinajstić information content (AvgIpc) is 2.45. The fourth-order valence-corrected chi connectivity index (χ4v) is 2.64. The molecule has 21 heavy (non-hydrogen) atoms. The topological polar surface area (TPSA) is 69.1 Å². The molecule has 0 aliphatic rings. The van der Waals surface area contributed by atoms with Crippen molar-refractivity contribution >= 4 is 6.03 Å². The van der Waals surface area contributed by atoms with Gasteiger partial charge in [0, 0.05) is 0 Å². The largest absolute Gasteiger partial charge is 0.352 e. The normalized spacial score (nSPS) is 10.9. The monoisotopic (exact) mass is 302 g/mol. The molecule has 0 heterocycles. The molecular formula is C17H40N3O+. The van der Waals surface area contributed by atoms with Crippen molar-refractivity contribution in [1.29, 1.82) is 0 Å². The van der Waals surface area contributed by atoms with Gasteiger partial charge < -0.3 is 16.0 Å². The Balaban J connectivity index is 0. The molecule has 2 amide bonds. The van der Waals surface area contributed by atoms with Gasteiger partial charge in [-0.15, -0.1) is 0 Å². The number of quaternary nitrogens is 1. The zero-order valence-electron chi connectivity index (χ0n) is 15.0. The summed E-state index contributed by atoms with van der Waals surface area (Å²) >= 11 is 0. The van der Waals surface area contributed by atoms with Crippen LogP contribution in [0.3, 0.4) is 0 Å². The van der Waals surface area contributed by atoms with E-state index >= 15 is 0 Å². The minimum Gasteiger partial charge on any atom is -0.352 e. The Morgan fingerprint density at radius 2 is 0.857 bits per heavy atom. The molecule has 0 bridgehead atoms. The minimum absolute atomic E-state index is 0.833. The van der Waals surface area contributed by atoms with E-state index in [0.717, 1.165) is 0 Å². The summed E-state index contributed by atoms with van der Waals surface area (Å²) in [5.74, 6) is 0. The predicted octanol–water partition coefficient (Wildman–Crippen LogP) is 4.03. The fourth-order valence-electron chi connectivity index (χ4n) is 2.64. The molecule has 4 heteroatoms. The zero-order valence-corrected chi connectivity index (χ0v) is 15.0. The molecule has 0 aromatic rings. The van der Waals surface area contributed by atoms with Crippen LogP contribution in [-0.4, -0.2) is 36.7 Å². The summed E-state index contributed by atoms with van der Waals surface area (Å²) < 4.78 is 1.42. The third-order valence-corrected chi connectivity index (χ3v) is 3.94. The van der Waals surface area contributed by atoms with Crippen LogP contribution < -0.4 is 11.5 Å². The van der Waals surface area contributed by atoms with Crippen molar-refractivity contribution in [3.05, 3.63) is 0 Å². The Morgan fingerprint density at radius 1 is 0.667 bits per heavy atom. The van der Waals surface area contributed by atoms with Crippen molar-refractivity contribution in [3.63, 3.8) is 0 Å². The van der Waals surface area contributed by atoms with Crippen molar-refractivity contribution in [1.82, 2.24) is 0 Å². The molecule has 0 aromatic heterocycles. The van der Waals surface area contributed by atoms with E-state index in [9.17, 15) is 0 Å². The summed E-state index contributed by atoms with van der Waals surface area (Å²) in [6.45, 7) is 15.0. The van der Waals surface area contributed by atoms with Crippen molar-refractivity contribution in [2.75, 3.05) is 26.2 Å². The highest BCUT2D eigenvalue weighted by Crippen LogP contribution is 2.16. The summed E-state index contributed by atoms with van der Waals surface area (Å²) in [6.07, 6.45) is 11.1. The lowest BCUT2D eigenvalue weighted by molar-refractivity contribution is -0.929. The Bertz CT molecular complexity index is 191. The molecule has 128 valence electrons. The number of amides is 2. The first-order valence-corrected chi connectivity index (χ1v) is 8.87. The summed E-state index contributed by atoms with van der Waals surface area (Å²) in [6, 6.07) is -0.833. The second kappa shape index (κ2) is 15.6. The van der Waals surface area contributed by atoms with E-state index in [1.54, 1.807) is 0 Å². The molecule has 0 fully saturated rings. The smallest absolute Gasteiger partial charge is 0.309 e. The Labute approximate surface area is 132 Å². The highest BCUT2D eigenvalue weighted by atomic mass is 16.2. The highest BCUT2D eigenvalue weighted by Gasteiger charge is 2.24. The maximum absolute atomic E-state index is 9.00. The van der Waals surface area contributed by atoms with Crippen LogP contribution in [0.5, 0.6) is 0 Å². The standard InChI is InChI=1S/C16H36N.CH4N2O/c1-5-9-13-17(14-10-6-2,15-11-7-3)16-12-8-4;2-1(3)4/h5-16H2,1-4H3;(H4,2,3,4)/q+1;. The second-order valence-corrected chi connectivity index (χ2v) is 6.05. The SMILES string of the molecule is CCCC[N+](CCCC)(CCCC)CCCC.NC(N)=O. The molecule has 0 aromatic carbocycles. The van der Waals surface area contributed by atoms with Gasteiger partial charge >= 0.3 is 6.03 Å². The van der Waals surface area contributed by atoms with Gasteiger partial charge in [0.1, 0.15) is 0 Å². The lowest BCUT2D eigenvalue weighted by Gasteiger charge is -2.39. The third kappa shape index (κ3) is 15.4. The van der Waals surface area contributed by atoms with Gasteiger partial charge in [-0.25, -0.2) is 4.79 Å². The van der Waals surface area contributed by atoms with Gasteiger partial charge in [-0.3, -0.25) is 0 Å². The quantitative estimate of drug-likeness (QED) is 0.525. The van der Waals surface area contributed by atoms with Crippen LogP contribution in [0, 0.1) is 0 Å². The number of urea groups is 1. The molecule has 0 rings (SSSR count). The fraction of sp³-hybridized carbons (Fsp3) is 0.941. The first kappa shape index (κ1) is 22.5. The number of hydrogen-bond donors (Lipinski definition) is 2. The van der Waals surface area contributed by atoms with Crippen LogP contribution in [0.2, 0.25) is 0 Å². The molecule has 0 unspecified atom stereocenters. The van der Waals surface area contributed by atoms with Crippen molar-refractivity contribution in [2.45, 2.75) is 79.1 Å². The molecule has 0 saturated heterocycles. The van der Waals surface area contributed by atoms with E-state index in [0.29, 0.717) is 0 Å².